The number of carbonyl (C=O) groups excluding carboxylic acids is 1. The Morgan fingerprint density at radius 1 is 1.52 bits per heavy atom. The number of primary sulfonamides is 1. The quantitative estimate of drug-likeness (QED) is 0.861. The molecule has 0 aliphatic carbocycles. The maximum Gasteiger partial charge on any atom is 0.254 e. The van der Waals surface area contributed by atoms with Gasteiger partial charge in [0.25, 0.3) is 5.91 Å². The number of ether oxygens (including phenoxy) is 1. The fourth-order valence-corrected chi connectivity index (χ4v) is 2.98. The van der Waals surface area contributed by atoms with E-state index >= 15 is 0 Å². The highest BCUT2D eigenvalue weighted by molar-refractivity contribution is 7.89. The fraction of sp³-hybridized carbons (Fsp3) is 0.417. The molecule has 0 radical (unpaired) electrons. The second-order valence-corrected chi connectivity index (χ2v) is 7.09. The van der Waals surface area contributed by atoms with Crippen LogP contribution in [-0.4, -0.2) is 33.1 Å². The molecule has 1 heterocycles. The predicted octanol–water partition coefficient (Wildman–Crippen LogP) is 1.04. The van der Waals surface area contributed by atoms with Crippen molar-refractivity contribution in [3.05, 3.63) is 28.5 Å². The number of hydrogen-bond donors (Lipinski definition) is 2. The van der Waals surface area contributed by atoms with Crippen LogP contribution < -0.4 is 10.5 Å². The third-order valence-corrected chi connectivity index (χ3v) is 4.32. The lowest BCUT2D eigenvalue weighted by Crippen LogP contribution is -2.46. The first kappa shape index (κ1) is 16.2. The topological polar surface area (TPSA) is 98.5 Å². The van der Waals surface area contributed by atoms with E-state index in [-0.39, 0.29) is 5.02 Å². The van der Waals surface area contributed by atoms with Gasteiger partial charge in [-0.05, 0) is 25.5 Å². The SMILES string of the molecule is CC1(NC(=O)c2cc(Cl)cc(S(N)(=O)=O)c2F)CCOC1. The van der Waals surface area contributed by atoms with E-state index in [9.17, 15) is 17.6 Å². The van der Waals surface area contributed by atoms with Gasteiger partial charge in [0.1, 0.15) is 4.90 Å². The molecule has 2 rings (SSSR count). The van der Waals surface area contributed by atoms with Gasteiger partial charge < -0.3 is 10.1 Å². The van der Waals surface area contributed by atoms with Crippen molar-refractivity contribution in [3.63, 3.8) is 0 Å². The predicted molar refractivity (Wildman–Crippen MR) is 74.1 cm³/mol. The minimum absolute atomic E-state index is 0.0987. The number of rotatable bonds is 3. The minimum Gasteiger partial charge on any atom is -0.379 e. The number of carbonyl (C=O) groups is 1. The van der Waals surface area contributed by atoms with Crippen molar-refractivity contribution in [1.29, 1.82) is 0 Å². The van der Waals surface area contributed by atoms with E-state index in [0.29, 0.717) is 19.6 Å². The molecular weight excluding hydrogens is 323 g/mol. The van der Waals surface area contributed by atoms with Crippen molar-refractivity contribution in [2.45, 2.75) is 23.8 Å². The average Bonchev–Trinajstić information content (AvgIpc) is 2.76. The van der Waals surface area contributed by atoms with Crippen LogP contribution in [0.3, 0.4) is 0 Å². The zero-order chi connectivity index (χ0) is 15.8. The number of nitrogens with one attached hydrogen (secondary N) is 1. The summed E-state index contributed by atoms with van der Waals surface area (Å²) in [5.41, 5.74) is -1.10. The molecule has 1 fully saturated rings. The molecule has 0 saturated carbocycles. The first-order chi connectivity index (χ1) is 9.62. The van der Waals surface area contributed by atoms with Crippen molar-refractivity contribution in [2.24, 2.45) is 5.14 Å². The van der Waals surface area contributed by atoms with Crippen molar-refractivity contribution >= 4 is 27.5 Å². The Labute approximate surface area is 126 Å². The van der Waals surface area contributed by atoms with Gasteiger partial charge in [0, 0.05) is 11.6 Å². The number of benzene rings is 1. The molecule has 1 aliphatic rings. The lowest BCUT2D eigenvalue weighted by molar-refractivity contribution is 0.0885. The summed E-state index contributed by atoms with van der Waals surface area (Å²) in [4.78, 5) is 11.3. The second kappa shape index (κ2) is 5.53. The summed E-state index contributed by atoms with van der Waals surface area (Å²) in [5.74, 6) is -1.99. The van der Waals surface area contributed by atoms with Gasteiger partial charge in [-0.3, -0.25) is 4.79 Å². The summed E-state index contributed by atoms with van der Waals surface area (Å²) < 4.78 is 42.0. The molecule has 1 aromatic carbocycles. The number of halogens is 2. The zero-order valence-electron chi connectivity index (χ0n) is 11.2. The Kier molecular flexibility index (Phi) is 4.25. The van der Waals surface area contributed by atoms with Crippen LogP contribution in [-0.2, 0) is 14.8 Å². The van der Waals surface area contributed by atoms with Crippen LogP contribution in [0, 0.1) is 5.82 Å². The first-order valence-electron chi connectivity index (χ1n) is 6.04. The summed E-state index contributed by atoms with van der Waals surface area (Å²) in [7, 11) is -4.32. The van der Waals surface area contributed by atoms with E-state index in [1.807, 2.05) is 0 Å². The van der Waals surface area contributed by atoms with Crippen LogP contribution in [0.2, 0.25) is 5.02 Å². The van der Waals surface area contributed by atoms with Gasteiger partial charge in [0.2, 0.25) is 10.0 Å². The van der Waals surface area contributed by atoms with Gasteiger partial charge in [-0.1, -0.05) is 11.6 Å². The molecule has 6 nitrogen and oxygen atoms in total. The largest absolute Gasteiger partial charge is 0.379 e. The number of sulfonamides is 1. The summed E-state index contributed by atoms with van der Waals surface area (Å²) in [5, 5.41) is 7.43. The molecule has 1 unspecified atom stereocenters. The Bertz CT molecular complexity index is 687. The van der Waals surface area contributed by atoms with Crippen molar-refractivity contribution < 1.29 is 22.3 Å². The molecule has 9 heteroatoms. The molecular formula is C12H14ClFN2O4S. The average molecular weight is 337 g/mol. The Morgan fingerprint density at radius 3 is 2.71 bits per heavy atom. The van der Waals surface area contributed by atoms with Gasteiger partial charge >= 0.3 is 0 Å². The lowest BCUT2D eigenvalue weighted by Gasteiger charge is -2.23. The smallest absolute Gasteiger partial charge is 0.254 e. The molecule has 116 valence electrons. The molecule has 1 amide bonds. The molecule has 3 N–H and O–H groups in total. The Balaban J connectivity index is 2.40. The van der Waals surface area contributed by atoms with Crippen LogP contribution in [0.4, 0.5) is 4.39 Å². The highest BCUT2D eigenvalue weighted by Gasteiger charge is 2.33. The van der Waals surface area contributed by atoms with Crippen molar-refractivity contribution in [1.82, 2.24) is 5.32 Å². The van der Waals surface area contributed by atoms with E-state index in [2.05, 4.69) is 5.32 Å². The maximum absolute atomic E-state index is 14.2. The number of amides is 1. The summed E-state index contributed by atoms with van der Waals surface area (Å²) in [6.45, 7) is 2.53. The summed E-state index contributed by atoms with van der Waals surface area (Å²) in [6, 6.07) is 1.92. The highest BCUT2D eigenvalue weighted by atomic mass is 35.5. The summed E-state index contributed by atoms with van der Waals surface area (Å²) in [6.07, 6.45) is 0.572. The van der Waals surface area contributed by atoms with E-state index in [4.69, 9.17) is 21.5 Å². The molecule has 1 saturated heterocycles. The van der Waals surface area contributed by atoms with Gasteiger partial charge in [0.15, 0.2) is 5.82 Å². The third kappa shape index (κ3) is 3.52. The molecule has 0 bridgehead atoms. The van der Waals surface area contributed by atoms with Gasteiger partial charge in [-0.2, -0.15) is 0 Å². The monoisotopic (exact) mass is 336 g/mol. The number of nitrogens with two attached hydrogens (primary N) is 1. The molecule has 21 heavy (non-hydrogen) atoms. The van der Waals surface area contributed by atoms with Crippen LogP contribution in [0.15, 0.2) is 17.0 Å². The lowest BCUT2D eigenvalue weighted by atomic mass is 10.0. The second-order valence-electron chi connectivity index (χ2n) is 5.13. The molecule has 1 atom stereocenters. The third-order valence-electron chi connectivity index (χ3n) is 3.19. The van der Waals surface area contributed by atoms with Crippen LogP contribution in [0.1, 0.15) is 23.7 Å². The minimum atomic E-state index is -4.32. The van der Waals surface area contributed by atoms with Crippen LogP contribution in [0.5, 0.6) is 0 Å². The zero-order valence-corrected chi connectivity index (χ0v) is 12.7. The Hall–Kier alpha value is -1.22. The molecule has 1 aliphatic heterocycles. The van der Waals surface area contributed by atoms with E-state index in [1.54, 1.807) is 6.92 Å². The van der Waals surface area contributed by atoms with Gasteiger partial charge in [0.05, 0.1) is 17.7 Å². The molecule has 0 spiro atoms. The maximum atomic E-state index is 14.2. The van der Waals surface area contributed by atoms with Crippen molar-refractivity contribution in [3.8, 4) is 0 Å². The normalized spacial score (nSPS) is 22.3. The Morgan fingerprint density at radius 2 is 2.19 bits per heavy atom. The van der Waals surface area contributed by atoms with Gasteiger partial charge in [-0.25, -0.2) is 17.9 Å². The highest BCUT2D eigenvalue weighted by Crippen LogP contribution is 2.24. The van der Waals surface area contributed by atoms with E-state index < -0.39 is 37.7 Å². The fourth-order valence-electron chi connectivity index (χ4n) is 2.04. The van der Waals surface area contributed by atoms with E-state index in [1.165, 1.54) is 0 Å². The first-order valence-corrected chi connectivity index (χ1v) is 7.97. The van der Waals surface area contributed by atoms with E-state index in [0.717, 1.165) is 12.1 Å². The standard InChI is InChI=1S/C12H14ClFN2O4S/c1-12(2-3-20-6-12)16-11(17)8-4-7(13)5-9(10(8)14)21(15,18)19/h4-5H,2-3,6H2,1H3,(H,16,17)(H2,15,18,19). The van der Waals surface area contributed by atoms with Crippen LogP contribution >= 0.6 is 11.6 Å². The molecule has 1 aromatic rings. The van der Waals surface area contributed by atoms with Crippen molar-refractivity contribution in [2.75, 3.05) is 13.2 Å². The number of hydrogen-bond acceptors (Lipinski definition) is 4. The van der Waals surface area contributed by atoms with Gasteiger partial charge in [-0.15, -0.1) is 0 Å². The summed E-state index contributed by atoms with van der Waals surface area (Å²) >= 11 is 5.73. The molecule has 0 aromatic heterocycles. The van der Waals surface area contributed by atoms with Crippen LogP contribution in [0.25, 0.3) is 0 Å².